The van der Waals surface area contributed by atoms with Crippen LogP contribution in [-0.2, 0) is 0 Å². The van der Waals surface area contributed by atoms with Crippen LogP contribution in [0.3, 0.4) is 0 Å². The summed E-state index contributed by atoms with van der Waals surface area (Å²) in [5.74, 6) is 0. The second-order valence-corrected chi connectivity index (χ2v) is 5.18. The zero-order chi connectivity index (χ0) is 10.7. The minimum Gasteiger partial charge on any atom is -0.317 e. The molecule has 0 aromatic rings. The Labute approximate surface area is 93.8 Å². The molecule has 0 radical (unpaired) electrons. The molecule has 3 heteroatoms. The molecule has 1 N–H and O–H groups in total. The van der Waals surface area contributed by atoms with Crippen molar-refractivity contribution in [3.05, 3.63) is 0 Å². The molecule has 2 rings (SSSR count). The Hall–Kier alpha value is -0.120. The zero-order valence-electron chi connectivity index (χ0n) is 10.2. The molecule has 0 aromatic carbocycles. The second-order valence-electron chi connectivity index (χ2n) is 5.18. The van der Waals surface area contributed by atoms with Gasteiger partial charge in [-0.15, -0.1) is 0 Å². The monoisotopic (exact) mass is 211 g/mol. The highest BCUT2D eigenvalue weighted by Crippen LogP contribution is 2.20. The molecule has 2 aliphatic rings. The van der Waals surface area contributed by atoms with Gasteiger partial charge in [0.05, 0.1) is 0 Å². The summed E-state index contributed by atoms with van der Waals surface area (Å²) < 4.78 is 0. The molecule has 15 heavy (non-hydrogen) atoms. The average Bonchev–Trinajstić information content (AvgIpc) is 2.30. The largest absolute Gasteiger partial charge is 0.317 e. The van der Waals surface area contributed by atoms with Crippen LogP contribution in [0.5, 0.6) is 0 Å². The molecule has 0 atom stereocenters. The maximum Gasteiger partial charge on any atom is 0.0119 e. The number of likely N-dealkylation sites (tertiary alicyclic amines) is 1. The molecule has 0 bridgehead atoms. The van der Waals surface area contributed by atoms with Gasteiger partial charge in [-0.2, -0.15) is 0 Å². The van der Waals surface area contributed by atoms with E-state index in [-0.39, 0.29) is 0 Å². The third-order valence-corrected chi connectivity index (χ3v) is 4.15. The number of hydrogen-bond acceptors (Lipinski definition) is 3. The SMILES string of the molecule is CN1CCC(N(C)C2CCNCC2)CC1. The van der Waals surface area contributed by atoms with Gasteiger partial charge in [-0.1, -0.05) is 0 Å². The number of rotatable bonds is 2. The summed E-state index contributed by atoms with van der Waals surface area (Å²) in [7, 11) is 4.58. The van der Waals surface area contributed by atoms with E-state index in [0.29, 0.717) is 0 Å². The van der Waals surface area contributed by atoms with Crippen LogP contribution in [0.15, 0.2) is 0 Å². The van der Waals surface area contributed by atoms with Crippen LogP contribution in [0, 0.1) is 0 Å². The van der Waals surface area contributed by atoms with Crippen LogP contribution < -0.4 is 5.32 Å². The third kappa shape index (κ3) is 2.92. The number of nitrogens with one attached hydrogen (secondary N) is 1. The lowest BCUT2D eigenvalue weighted by Gasteiger charge is -2.41. The quantitative estimate of drug-likeness (QED) is 0.728. The van der Waals surface area contributed by atoms with Gasteiger partial charge in [0.2, 0.25) is 0 Å². The Kier molecular flexibility index (Phi) is 4.00. The van der Waals surface area contributed by atoms with Gasteiger partial charge < -0.3 is 15.1 Å². The Balaban J connectivity index is 1.81. The van der Waals surface area contributed by atoms with Gasteiger partial charge in [-0.05, 0) is 66.0 Å². The summed E-state index contributed by atoms with van der Waals surface area (Å²) in [5, 5.41) is 3.44. The molecule has 0 unspecified atom stereocenters. The van der Waals surface area contributed by atoms with Gasteiger partial charge >= 0.3 is 0 Å². The van der Waals surface area contributed by atoms with Gasteiger partial charge in [0.1, 0.15) is 0 Å². The first-order valence-electron chi connectivity index (χ1n) is 6.38. The molecule has 0 aromatic heterocycles. The van der Waals surface area contributed by atoms with E-state index in [9.17, 15) is 0 Å². The first-order chi connectivity index (χ1) is 7.27. The second kappa shape index (κ2) is 5.28. The Morgan fingerprint density at radius 2 is 1.53 bits per heavy atom. The lowest BCUT2D eigenvalue weighted by molar-refractivity contribution is 0.0916. The van der Waals surface area contributed by atoms with Gasteiger partial charge in [-0.3, -0.25) is 0 Å². The van der Waals surface area contributed by atoms with Crippen molar-refractivity contribution in [2.45, 2.75) is 37.8 Å². The molecule has 2 heterocycles. The fraction of sp³-hybridized carbons (Fsp3) is 1.00. The topological polar surface area (TPSA) is 18.5 Å². The van der Waals surface area contributed by atoms with Gasteiger partial charge in [0.15, 0.2) is 0 Å². The smallest absolute Gasteiger partial charge is 0.0119 e. The van der Waals surface area contributed by atoms with Crippen molar-refractivity contribution in [2.24, 2.45) is 0 Å². The molecule has 2 aliphatic heterocycles. The Bertz CT molecular complexity index is 181. The van der Waals surface area contributed by atoms with E-state index in [1.807, 2.05) is 0 Å². The van der Waals surface area contributed by atoms with E-state index in [4.69, 9.17) is 0 Å². The highest BCUT2D eigenvalue weighted by molar-refractivity contribution is 4.83. The summed E-state index contributed by atoms with van der Waals surface area (Å²) in [6.07, 6.45) is 5.39. The Morgan fingerprint density at radius 1 is 1.00 bits per heavy atom. The summed E-state index contributed by atoms with van der Waals surface area (Å²) in [5.41, 5.74) is 0. The highest BCUT2D eigenvalue weighted by atomic mass is 15.2. The van der Waals surface area contributed by atoms with Crippen LogP contribution in [0.25, 0.3) is 0 Å². The summed E-state index contributed by atoms with van der Waals surface area (Å²) in [6.45, 7) is 4.98. The summed E-state index contributed by atoms with van der Waals surface area (Å²) in [4.78, 5) is 5.11. The molecular weight excluding hydrogens is 186 g/mol. The van der Waals surface area contributed by atoms with Crippen molar-refractivity contribution in [1.82, 2.24) is 15.1 Å². The summed E-state index contributed by atoms with van der Waals surface area (Å²) in [6, 6.07) is 1.67. The van der Waals surface area contributed by atoms with Crippen LogP contribution in [-0.4, -0.2) is 62.2 Å². The predicted octanol–water partition coefficient (Wildman–Crippen LogP) is 0.764. The van der Waals surface area contributed by atoms with E-state index in [1.54, 1.807) is 0 Å². The molecule has 3 nitrogen and oxygen atoms in total. The van der Waals surface area contributed by atoms with Gasteiger partial charge in [-0.25, -0.2) is 0 Å². The normalized spacial score (nSPS) is 27.4. The standard InChI is InChI=1S/C12H25N3/c1-14-9-5-12(6-10-14)15(2)11-3-7-13-8-4-11/h11-13H,3-10H2,1-2H3. The summed E-state index contributed by atoms with van der Waals surface area (Å²) >= 11 is 0. The maximum atomic E-state index is 3.44. The number of nitrogens with zero attached hydrogens (tertiary/aromatic N) is 2. The van der Waals surface area contributed by atoms with Crippen LogP contribution in [0.4, 0.5) is 0 Å². The molecule has 88 valence electrons. The molecular formula is C12H25N3. The minimum atomic E-state index is 0.833. The molecule has 0 aliphatic carbocycles. The van der Waals surface area contributed by atoms with E-state index >= 15 is 0 Å². The minimum absolute atomic E-state index is 0.833. The van der Waals surface area contributed by atoms with E-state index in [0.717, 1.165) is 12.1 Å². The average molecular weight is 211 g/mol. The third-order valence-electron chi connectivity index (χ3n) is 4.15. The molecule has 2 fully saturated rings. The number of piperidine rings is 2. The van der Waals surface area contributed by atoms with Crippen LogP contribution in [0.1, 0.15) is 25.7 Å². The molecule has 0 saturated carbocycles. The molecule has 0 amide bonds. The van der Waals surface area contributed by atoms with Crippen molar-refractivity contribution in [1.29, 1.82) is 0 Å². The number of hydrogen-bond donors (Lipinski definition) is 1. The van der Waals surface area contributed by atoms with Crippen LogP contribution in [0.2, 0.25) is 0 Å². The van der Waals surface area contributed by atoms with Crippen molar-refractivity contribution in [2.75, 3.05) is 40.3 Å². The fourth-order valence-electron chi connectivity index (χ4n) is 2.91. The van der Waals surface area contributed by atoms with Crippen LogP contribution >= 0.6 is 0 Å². The van der Waals surface area contributed by atoms with Crippen molar-refractivity contribution >= 4 is 0 Å². The lowest BCUT2D eigenvalue weighted by atomic mass is 9.98. The van der Waals surface area contributed by atoms with Crippen molar-refractivity contribution < 1.29 is 0 Å². The lowest BCUT2D eigenvalue weighted by Crippen LogP contribution is -2.49. The van der Waals surface area contributed by atoms with Gasteiger partial charge in [0.25, 0.3) is 0 Å². The predicted molar refractivity (Wildman–Crippen MR) is 64.2 cm³/mol. The van der Waals surface area contributed by atoms with Gasteiger partial charge in [0, 0.05) is 12.1 Å². The highest BCUT2D eigenvalue weighted by Gasteiger charge is 2.26. The van der Waals surface area contributed by atoms with Crippen molar-refractivity contribution in [3.8, 4) is 0 Å². The molecule has 0 spiro atoms. The zero-order valence-corrected chi connectivity index (χ0v) is 10.2. The van der Waals surface area contributed by atoms with E-state index in [1.165, 1.54) is 51.9 Å². The van der Waals surface area contributed by atoms with E-state index < -0.39 is 0 Å². The first-order valence-corrected chi connectivity index (χ1v) is 6.38. The van der Waals surface area contributed by atoms with E-state index in [2.05, 4.69) is 29.2 Å². The van der Waals surface area contributed by atoms with Crippen molar-refractivity contribution in [3.63, 3.8) is 0 Å². The molecule has 2 saturated heterocycles. The first kappa shape index (κ1) is 11.4. The fourth-order valence-corrected chi connectivity index (χ4v) is 2.91. The Morgan fingerprint density at radius 3 is 2.13 bits per heavy atom. The maximum absolute atomic E-state index is 3.44.